The highest BCUT2D eigenvalue weighted by molar-refractivity contribution is 5.88. The number of nitrogens with one attached hydrogen (secondary N) is 1. The van der Waals surface area contributed by atoms with E-state index in [9.17, 15) is 0 Å². The SMILES string of the molecule is c1ccc(OCCCCCCCCCCCCNc2ncnc3ccccc23)cc1. The smallest absolute Gasteiger partial charge is 0.137 e. The Bertz CT molecular complexity index is 833. The molecule has 1 N–H and O–H groups in total. The Labute approximate surface area is 181 Å². The summed E-state index contributed by atoms with van der Waals surface area (Å²) in [7, 11) is 0. The van der Waals surface area contributed by atoms with Gasteiger partial charge in [0.1, 0.15) is 17.9 Å². The van der Waals surface area contributed by atoms with Crippen LogP contribution in [0.4, 0.5) is 5.82 Å². The molecule has 0 saturated heterocycles. The lowest BCUT2D eigenvalue weighted by Gasteiger charge is -2.08. The summed E-state index contributed by atoms with van der Waals surface area (Å²) in [6.07, 6.45) is 14.6. The van der Waals surface area contributed by atoms with Gasteiger partial charge >= 0.3 is 0 Å². The topological polar surface area (TPSA) is 47.0 Å². The van der Waals surface area contributed by atoms with Crippen LogP contribution < -0.4 is 10.1 Å². The van der Waals surface area contributed by atoms with Gasteiger partial charge in [-0.05, 0) is 37.1 Å². The lowest BCUT2D eigenvalue weighted by molar-refractivity contribution is 0.304. The fourth-order valence-electron chi connectivity index (χ4n) is 3.70. The second-order valence-electron chi connectivity index (χ2n) is 7.86. The number of para-hydroxylation sites is 2. The first-order chi connectivity index (χ1) is 14.9. The summed E-state index contributed by atoms with van der Waals surface area (Å²) < 4.78 is 5.74. The standard InChI is InChI=1S/C26H35N3O/c1(2-4-6-8-15-21-30-23-16-10-9-11-17-23)3-5-7-14-20-27-26-24-18-12-13-19-25(24)28-22-29-26/h9-13,16-19,22H,1-8,14-15,20-21H2,(H,27,28,29). The highest BCUT2D eigenvalue weighted by Gasteiger charge is 2.01. The van der Waals surface area contributed by atoms with E-state index in [1.807, 2.05) is 48.5 Å². The van der Waals surface area contributed by atoms with Gasteiger partial charge in [-0.25, -0.2) is 9.97 Å². The minimum Gasteiger partial charge on any atom is -0.494 e. The molecule has 160 valence electrons. The predicted molar refractivity (Wildman–Crippen MR) is 126 cm³/mol. The third kappa shape index (κ3) is 8.02. The van der Waals surface area contributed by atoms with Crippen LogP contribution in [0.3, 0.4) is 0 Å². The van der Waals surface area contributed by atoms with E-state index < -0.39 is 0 Å². The minimum atomic E-state index is 0.836. The highest BCUT2D eigenvalue weighted by Crippen LogP contribution is 2.18. The molecule has 4 nitrogen and oxygen atoms in total. The normalized spacial score (nSPS) is 10.9. The first kappa shape index (κ1) is 22.1. The van der Waals surface area contributed by atoms with E-state index in [1.54, 1.807) is 6.33 Å². The summed E-state index contributed by atoms with van der Waals surface area (Å²) in [5, 5.41) is 4.58. The minimum absolute atomic E-state index is 0.836. The molecule has 3 aromatic rings. The van der Waals surface area contributed by atoms with Gasteiger partial charge in [0.25, 0.3) is 0 Å². The van der Waals surface area contributed by atoms with Crippen LogP contribution in [0.25, 0.3) is 10.9 Å². The van der Waals surface area contributed by atoms with Crippen LogP contribution >= 0.6 is 0 Å². The number of hydrogen-bond donors (Lipinski definition) is 1. The summed E-state index contributed by atoms with van der Waals surface area (Å²) in [6.45, 7) is 1.81. The summed E-state index contributed by atoms with van der Waals surface area (Å²) in [5.74, 6) is 1.94. The maximum Gasteiger partial charge on any atom is 0.137 e. The molecule has 30 heavy (non-hydrogen) atoms. The third-order valence-electron chi connectivity index (χ3n) is 5.42. The molecule has 0 aliphatic heterocycles. The van der Waals surface area contributed by atoms with Crippen molar-refractivity contribution in [3.05, 3.63) is 60.9 Å². The van der Waals surface area contributed by atoms with Crippen LogP contribution in [0, 0.1) is 0 Å². The van der Waals surface area contributed by atoms with Crippen LogP contribution in [0.1, 0.15) is 64.2 Å². The molecule has 0 spiro atoms. The van der Waals surface area contributed by atoms with E-state index in [1.165, 1.54) is 57.8 Å². The van der Waals surface area contributed by atoms with Crippen molar-refractivity contribution in [2.75, 3.05) is 18.5 Å². The Morgan fingerprint density at radius 3 is 2.03 bits per heavy atom. The van der Waals surface area contributed by atoms with Gasteiger partial charge in [-0.3, -0.25) is 0 Å². The van der Waals surface area contributed by atoms with Gasteiger partial charge in [0.05, 0.1) is 12.1 Å². The van der Waals surface area contributed by atoms with Gasteiger partial charge in [0, 0.05) is 11.9 Å². The molecule has 4 heteroatoms. The molecule has 2 aromatic carbocycles. The molecule has 0 radical (unpaired) electrons. The van der Waals surface area contributed by atoms with Crippen molar-refractivity contribution in [1.29, 1.82) is 0 Å². The second-order valence-corrected chi connectivity index (χ2v) is 7.86. The first-order valence-electron chi connectivity index (χ1n) is 11.5. The van der Waals surface area contributed by atoms with Crippen molar-refractivity contribution >= 4 is 16.7 Å². The molecule has 3 rings (SSSR count). The van der Waals surface area contributed by atoms with E-state index >= 15 is 0 Å². The number of nitrogens with zero attached hydrogens (tertiary/aromatic N) is 2. The number of benzene rings is 2. The van der Waals surface area contributed by atoms with E-state index in [0.29, 0.717) is 0 Å². The Kier molecular flexibility index (Phi) is 9.99. The number of aromatic nitrogens is 2. The molecule has 0 saturated carbocycles. The zero-order chi connectivity index (χ0) is 20.7. The monoisotopic (exact) mass is 405 g/mol. The molecular formula is C26H35N3O. The predicted octanol–water partition coefficient (Wildman–Crippen LogP) is 7.02. The molecule has 1 aromatic heterocycles. The highest BCUT2D eigenvalue weighted by atomic mass is 16.5. The van der Waals surface area contributed by atoms with Crippen LogP contribution in [0.5, 0.6) is 5.75 Å². The average molecular weight is 406 g/mol. The molecular weight excluding hydrogens is 370 g/mol. The van der Waals surface area contributed by atoms with Crippen molar-refractivity contribution in [3.63, 3.8) is 0 Å². The van der Waals surface area contributed by atoms with E-state index in [0.717, 1.165) is 42.0 Å². The van der Waals surface area contributed by atoms with Gasteiger partial charge in [0.2, 0.25) is 0 Å². The molecule has 0 bridgehead atoms. The van der Waals surface area contributed by atoms with Gasteiger partial charge < -0.3 is 10.1 Å². The van der Waals surface area contributed by atoms with Crippen LogP contribution in [-0.2, 0) is 0 Å². The van der Waals surface area contributed by atoms with Crippen LogP contribution in [-0.4, -0.2) is 23.1 Å². The first-order valence-corrected chi connectivity index (χ1v) is 11.5. The molecule has 0 aliphatic rings. The summed E-state index contributed by atoms with van der Waals surface area (Å²) in [4.78, 5) is 8.70. The number of unbranched alkanes of at least 4 members (excludes halogenated alkanes) is 9. The van der Waals surface area contributed by atoms with Gasteiger partial charge in [0.15, 0.2) is 0 Å². The second kappa shape index (κ2) is 13.6. The van der Waals surface area contributed by atoms with Crippen molar-refractivity contribution < 1.29 is 4.74 Å². The van der Waals surface area contributed by atoms with Gasteiger partial charge in [-0.2, -0.15) is 0 Å². The van der Waals surface area contributed by atoms with Crippen molar-refractivity contribution in [3.8, 4) is 5.75 Å². The van der Waals surface area contributed by atoms with Crippen molar-refractivity contribution in [2.24, 2.45) is 0 Å². The number of hydrogen-bond acceptors (Lipinski definition) is 4. The fourth-order valence-corrected chi connectivity index (χ4v) is 3.70. The fraction of sp³-hybridized carbons (Fsp3) is 0.462. The average Bonchev–Trinajstić information content (AvgIpc) is 2.80. The maximum absolute atomic E-state index is 5.74. The molecule has 0 unspecified atom stereocenters. The number of rotatable bonds is 15. The van der Waals surface area contributed by atoms with Gasteiger partial charge in [-0.15, -0.1) is 0 Å². The summed E-state index contributed by atoms with van der Waals surface area (Å²) in [5.41, 5.74) is 0.999. The number of fused-ring (bicyclic) bond motifs is 1. The van der Waals surface area contributed by atoms with Crippen molar-refractivity contribution in [2.45, 2.75) is 64.2 Å². The zero-order valence-electron chi connectivity index (χ0n) is 18.1. The van der Waals surface area contributed by atoms with E-state index in [2.05, 4.69) is 21.4 Å². The lowest BCUT2D eigenvalue weighted by atomic mass is 10.1. The zero-order valence-corrected chi connectivity index (χ0v) is 18.1. The molecule has 0 atom stereocenters. The number of ether oxygens (including phenoxy) is 1. The summed E-state index contributed by atoms with van der Waals surface area (Å²) >= 11 is 0. The quantitative estimate of drug-likeness (QED) is 0.276. The largest absolute Gasteiger partial charge is 0.494 e. The van der Waals surface area contributed by atoms with Crippen LogP contribution in [0.2, 0.25) is 0 Å². The lowest BCUT2D eigenvalue weighted by Crippen LogP contribution is -2.04. The number of anilines is 1. The van der Waals surface area contributed by atoms with Gasteiger partial charge in [-0.1, -0.05) is 81.7 Å². The van der Waals surface area contributed by atoms with E-state index in [-0.39, 0.29) is 0 Å². The molecule has 0 aliphatic carbocycles. The molecule has 0 amide bonds. The Morgan fingerprint density at radius 2 is 1.27 bits per heavy atom. The maximum atomic E-state index is 5.74. The summed E-state index contributed by atoms with van der Waals surface area (Å²) in [6, 6.07) is 18.3. The molecule has 0 fully saturated rings. The van der Waals surface area contributed by atoms with E-state index in [4.69, 9.17) is 4.74 Å². The Balaban J connectivity index is 1.11. The van der Waals surface area contributed by atoms with Crippen molar-refractivity contribution in [1.82, 2.24) is 9.97 Å². The Hall–Kier alpha value is -2.62. The van der Waals surface area contributed by atoms with Crippen LogP contribution in [0.15, 0.2) is 60.9 Å². The third-order valence-corrected chi connectivity index (χ3v) is 5.42. The molecule has 1 heterocycles. The Morgan fingerprint density at radius 1 is 0.633 bits per heavy atom.